The van der Waals surface area contributed by atoms with Gasteiger partial charge in [-0.15, -0.1) is 0 Å². The molecule has 0 amide bonds. The van der Waals surface area contributed by atoms with Crippen LogP contribution < -0.4 is 10.2 Å². The van der Waals surface area contributed by atoms with Gasteiger partial charge in [-0.3, -0.25) is 0 Å². The van der Waals surface area contributed by atoms with Gasteiger partial charge >= 0.3 is 0 Å². The summed E-state index contributed by atoms with van der Waals surface area (Å²) in [5.74, 6) is 1.03. The molecule has 1 unspecified atom stereocenters. The Morgan fingerprint density at radius 1 is 1.22 bits per heavy atom. The number of hydrogen-bond acceptors (Lipinski definition) is 4. The number of rotatable bonds is 1. The summed E-state index contributed by atoms with van der Waals surface area (Å²) in [4.78, 5) is 11.8. The maximum Gasteiger partial charge on any atom is 0.151 e. The molecule has 1 atom stereocenters. The standard InChI is InChI=1S/C14H18N4/c1-10-9-15-7-8-18(10)14-11(2)16-12-5-3-4-6-13(12)17-14/h3-6,10,15H,7-9H2,1-2H3. The molecule has 1 aliphatic heterocycles. The molecule has 0 bridgehead atoms. The highest BCUT2D eigenvalue weighted by Gasteiger charge is 2.21. The van der Waals surface area contributed by atoms with Crippen molar-refractivity contribution < 1.29 is 0 Å². The molecule has 1 fully saturated rings. The van der Waals surface area contributed by atoms with Crippen LogP contribution in [0.4, 0.5) is 5.82 Å². The molecule has 0 spiro atoms. The molecule has 2 heterocycles. The van der Waals surface area contributed by atoms with E-state index in [-0.39, 0.29) is 0 Å². The molecule has 4 nitrogen and oxygen atoms in total. The van der Waals surface area contributed by atoms with Gasteiger partial charge in [0.25, 0.3) is 0 Å². The van der Waals surface area contributed by atoms with Crippen LogP contribution in [0.3, 0.4) is 0 Å². The lowest BCUT2D eigenvalue weighted by Crippen LogP contribution is -2.50. The SMILES string of the molecule is Cc1nc2ccccc2nc1N1CCNCC1C. The fraction of sp³-hybridized carbons (Fsp3) is 0.429. The summed E-state index contributed by atoms with van der Waals surface area (Å²) in [5.41, 5.74) is 2.97. The second kappa shape index (κ2) is 4.53. The zero-order valence-corrected chi connectivity index (χ0v) is 10.8. The Morgan fingerprint density at radius 3 is 2.67 bits per heavy atom. The number of hydrogen-bond donors (Lipinski definition) is 1. The minimum atomic E-state index is 0.466. The highest BCUT2D eigenvalue weighted by Crippen LogP contribution is 2.22. The van der Waals surface area contributed by atoms with E-state index >= 15 is 0 Å². The summed E-state index contributed by atoms with van der Waals surface area (Å²) in [5, 5.41) is 3.40. The number of nitrogens with zero attached hydrogens (tertiary/aromatic N) is 3. The molecule has 1 aromatic heterocycles. The van der Waals surface area contributed by atoms with Gasteiger partial charge in [0, 0.05) is 25.7 Å². The summed E-state index contributed by atoms with van der Waals surface area (Å²) < 4.78 is 0. The molecule has 1 aromatic carbocycles. The first-order valence-corrected chi connectivity index (χ1v) is 6.46. The first-order chi connectivity index (χ1) is 8.75. The first-order valence-electron chi connectivity index (χ1n) is 6.46. The number of benzene rings is 1. The molecular formula is C14H18N4. The normalized spacial score (nSPS) is 20.3. The van der Waals surface area contributed by atoms with E-state index in [1.54, 1.807) is 0 Å². The minimum absolute atomic E-state index is 0.466. The van der Waals surface area contributed by atoms with Crippen molar-refractivity contribution in [3.63, 3.8) is 0 Å². The van der Waals surface area contributed by atoms with E-state index in [1.807, 2.05) is 31.2 Å². The van der Waals surface area contributed by atoms with E-state index in [4.69, 9.17) is 4.98 Å². The smallest absolute Gasteiger partial charge is 0.151 e. The Bertz CT molecular complexity index is 567. The number of aromatic nitrogens is 2. The maximum atomic E-state index is 4.78. The van der Waals surface area contributed by atoms with Crippen molar-refractivity contribution in [1.29, 1.82) is 0 Å². The van der Waals surface area contributed by atoms with Crippen molar-refractivity contribution >= 4 is 16.9 Å². The zero-order chi connectivity index (χ0) is 12.5. The van der Waals surface area contributed by atoms with E-state index in [0.717, 1.165) is 42.2 Å². The summed E-state index contributed by atoms with van der Waals surface area (Å²) in [6.07, 6.45) is 0. The topological polar surface area (TPSA) is 41.1 Å². The summed E-state index contributed by atoms with van der Waals surface area (Å²) in [6, 6.07) is 8.52. The number of nitrogens with one attached hydrogen (secondary N) is 1. The number of fused-ring (bicyclic) bond motifs is 1. The quantitative estimate of drug-likeness (QED) is 0.827. The van der Waals surface area contributed by atoms with Crippen molar-refractivity contribution in [2.24, 2.45) is 0 Å². The Hall–Kier alpha value is -1.68. The highest BCUT2D eigenvalue weighted by molar-refractivity contribution is 5.76. The third-order valence-corrected chi connectivity index (χ3v) is 3.49. The third kappa shape index (κ3) is 1.93. The van der Waals surface area contributed by atoms with Crippen molar-refractivity contribution in [2.45, 2.75) is 19.9 Å². The molecule has 1 saturated heterocycles. The monoisotopic (exact) mass is 242 g/mol. The van der Waals surface area contributed by atoms with E-state index in [9.17, 15) is 0 Å². The van der Waals surface area contributed by atoms with Crippen LogP contribution in [-0.4, -0.2) is 35.6 Å². The van der Waals surface area contributed by atoms with Gasteiger partial charge in [0.15, 0.2) is 5.82 Å². The summed E-state index contributed by atoms with van der Waals surface area (Å²) in [7, 11) is 0. The van der Waals surface area contributed by atoms with Crippen LogP contribution in [0, 0.1) is 6.92 Å². The van der Waals surface area contributed by atoms with Crippen molar-refractivity contribution in [3.05, 3.63) is 30.0 Å². The second-order valence-electron chi connectivity index (χ2n) is 4.87. The van der Waals surface area contributed by atoms with Gasteiger partial charge < -0.3 is 10.2 Å². The first kappa shape index (κ1) is 11.4. The van der Waals surface area contributed by atoms with Crippen LogP contribution in [0.5, 0.6) is 0 Å². The van der Waals surface area contributed by atoms with Crippen LogP contribution in [0.1, 0.15) is 12.6 Å². The number of piperazine rings is 1. The maximum absolute atomic E-state index is 4.78. The zero-order valence-electron chi connectivity index (χ0n) is 10.8. The van der Waals surface area contributed by atoms with Crippen LogP contribution in [0.25, 0.3) is 11.0 Å². The molecular weight excluding hydrogens is 224 g/mol. The Balaban J connectivity index is 2.07. The number of aryl methyl sites for hydroxylation is 1. The molecule has 0 aliphatic carbocycles. The molecule has 2 aromatic rings. The average Bonchev–Trinajstić information content (AvgIpc) is 2.39. The molecule has 1 N–H and O–H groups in total. The van der Waals surface area contributed by atoms with Crippen molar-refractivity contribution in [2.75, 3.05) is 24.5 Å². The molecule has 3 rings (SSSR count). The van der Waals surface area contributed by atoms with Gasteiger partial charge in [0.2, 0.25) is 0 Å². The Labute approximate surface area is 107 Å². The van der Waals surface area contributed by atoms with Crippen LogP contribution in [0.15, 0.2) is 24.3 Å². The minimum Gasteiger partial charge on any atom is -0.350 e. The van der Waals surface area contributed by atoms with Crippen molar-refractivity contribution in [3.8, 4) is 0 Å². The van der Waals surface area contributed by atoms with E-state index in [0.29, 0.717) is 6.04 Å². The Kier molecular flexibility index (Phi) is 2.88. The highest BCUT2D eigenvalue weighted by atomic mass is 15.3. The summed E-state index contributed by atoms with van der Waals surface area (Å²) in [6.45, 7) is 7.28. The second-order valence-corrected chi connectivity index (χ2v) is 4.87. The molecule has 94 valence electrons. The fourth-order valence-corrected chi connectivity index (χ4v) is 2.51. The lowest BCUT2D eigenvalue weighted by atomic mass is 10.2. The number of anilines is 1. The van der Waals surface area contributed by atoms with Crippen LogP contribution in [-0.2, 0) is 0 Å². The van der Waals surface area contributed by atoms with E-state index < -0.39 is 0 Å². The lowest BCUT2D eigenvalue weighted by Gasteiger charge is -2.35. The molecule has 0 radical (unpaired) electrons. The molecule has 4 heteroatoms. The van der Waals surface area contributed by atoms with Gasteiger partial charge in [-0.1, -0.05) is 12.1 Å². The molecule has 0 saturated carbocycles. The number of para-hydroxylation sites is 2. The molecule has 1 aliphatic rings. The fourth-order valence-electron chi connectivity index (χ4n) is 2.51. The van der Waals surface area contributed by atoms with E-state index in [1.165, 1.54) is 0 Å². The third-order valence-electron chi connectivity index (χ3n) is 3.49. The average molecular weight is 242 g/mol. The Morgan fingerprint density at radius 2 is 1.94 bits per heavy atom. The van der Waals surface area contributed by atoms with E-state index in [2.05, 4.69) is 22.1 Å². The van der Waals surface area contributed by atoms with Gasteiger partial charge in [-0.25, -0.2) is 9.97 Å². The van der Waals surface area contributed by atoms with Crippen LogP contribution in [0.2, 0.25) is 0 Å². The van der Waals surface area contributed by atoms with Gasteiger partial charge in [0.05, 0.1) is 16.7 Å². The van der Waals surface area contributed by atoms with Crippen LogP contribution >= 0.6 is 0 Å². The van der Waals surface area contributed by atoms with Crippen molar-refractivity contribution in [1.82, 2.24) is 15.3 Å². The predicted molar refractivity (Wildman–Crippen MR) is 74.0 cm³/mol. The lowest BCUT2D eigenvalue weighted by molar-refractivity contribution is 0.496. The largest absolute Gasteiger partial charge is 0.350 e. The van der Waals surface area contributed by atoms with Gasteiger partial charge in [-0.2, -0.15) is 0 Å². The predicted octanol–water partition coefficient (Wildman–Crippen LogP) is 1.74. The van der Waals surface area contributed by atoms with Gasteiger partial charge in [-0.05, 0) is 26.0 Å². The van der Waals surface area contributed by atoms with Gasteiger partial charge in [0.1, 0.15) is 0 Å². The molecule has 18 heavy (non-hydrogen) atoms. The summed E-state index contributed by atoms with van der Waals surface area (Å²) >= 11 is 0.